The third-order valence-electron chi connectivity index (χ3n) is 4.19. The van der Waals surface area contributed by atoms with Crippen LogP contribution in [0.25, 0.3) is 10.9 Å². The van der Waals surface area contributed by atoms with E-state index in [1.165, 1.54) is 6.42 Å². The maximum absolute atomic E-state index is 11.4. The van der Waals surface area contributed by atoms with Gasteiger partial charge in [0.25, 0.3) is 0 Å². The summed E-state index contributed by atoms with van der Waals surface area (Å²) in [5, 5.41) is 13.3. The zero-order chi connectivity index (χ0) is 14.3. The van der Waals surface area contributed by atoms with Crippen molar-refractivity contribution in [3.05, 3.63) is 35.9 Å². The Morgan fingerprint density at radius 2 is 2.15 bits per heavy atom. The normalized spacial score (nSPS) is 19.8. The summed E-state index contributed by atoms with van der Waals surface area (Å²) in [4.78, 5) is 15.9. The predicted molar refractivity (Wildman–Crippen MR) is 79.1 cm³/mol. The lowest BCUT2D eigenvalue weighted by molar-refractivity contribution is 0.0699. The lowest BCUT2D eigenvalue weighted by atomic mass is 10.1. The van der Waals surface area contributed by atoms with Crippen LogP contribution in [0, 0.1) is 11.3 Å². The van der Waals surface area contributed by atoms with E-state index in [-0.39, 0.29) is 0 Å². The molecule has 104 valence electrons. The van der Waals surface area contributed by atoms with Gasteiger partial charge in [0.2, 0.25) is 0 Å². The van der Waals surface area contributed by atoms with Crippen LogP contribution in [-0.4, -0.2) is 22.6 Å². The molecule has 2 aromatic rings. The minimum absolute atomic E-state index is 0.299. The van der Waals surface area contributed by atoms with Crippen molar-refractivity contribution in [2.24, 2.45) is 11.3 Å². The molecule has 0 aliphatic heterocycles. The first-order valence-corrected chi connectivity index (χ1v) is 6.84. The van der Waals surface area contributed by atoms with Gasteiger partial charge in [0.05, 0.1) is 11.1 Å². The van der Waals surface area contributed by atoms with Gasteiger partial charge in [-0.05, 0) is 29.9 Å². The van der Waals surface area contributed by atoms with E-state index in [2.05, 4.69) is 24.1 Å². The Morgan fingerprint density at radius 1 is 1.45 bits per heavy atom. The largest absolute Gasteiger partial charge is 0.478 e. The van der Waals surface area contributed by atoms with E-state index in [0.717, 1.165) is 6.54 Å². The third kappa shape index (κ3) is 2.33. The van der Waals surface area contributed by atoms with Gasteiger partial charge in [-0.1, -0.05) is 32.0 Å². The number of nitrogens with one attached hydrogen (secondary N) is 1. The van der Waals surface area contributed by atoms with Crippen LogP contribution in [0.2, 0.25) is 0 Å². The smallest absolute Gasteiger partial charge is 0.336 e. The third-order valence-corrected chi connectivity index (χ3v) is 4.19. The van der Waals surface area contributed by atoms with Crippen LogP contribution >= 0.6 is 0 Å². The molecule has 0 radical (unpaired) electrons. The minimum Gasteiger partial charge on any atom is -0.478 e. The number of carboxylic acids is 1. The summed E-state index contributed by atoms with van der Waals surface area (Å²) in [6.07, 6.45) is 1.21. The van der Waals surface area contributed by atoms with Crippen LogP contribution in [0.4, 0.5) is 5.82 Å². The minimum atomic E-state index is -0.918. The Morgan fingerprint density at radius 3 is 2.80 bits per heavy atom. The first-order valence-electron chi connectivity index (χ1n) is 6.84. The molecule has 2 N–H and O–H groups in total. The molecule has 1 saturated carbocycles. The predicted octanol–water partition coefficient (Wildman–Crippen LogP) is 3.39. The first-order chi connectivity index (χ1) is 9.47. The molecule has 0 amide bonds. The highest BCUT2D eigenvalue weighted by Crippen LogP contribution is 2.51. The second-order valence-electron chi connectivity index (χ2n) is 6.15. The molecular weight excluding hydrogens is 252 g/mol. The molecular formula is C16H18N2O2. The van der Waals surface area contributed by atoms with E-state index in [1.807, 2.05) is 18.2 Å². The number of carboxylic acid groups (broad SMARTS) is 1. The van der Waals surface area contributed by atoms with Crippen molar-refractivity contribution in [2.75, 3.05) is 11.9 Å². The number of hydrogen-bond donors (Lipinski definition) is 2. The van der Waals surface area contributed by atoms with Gasteiger partial charge in [-0.25, -0.2) is 9.78 Å². The van der Waals surface area contributed by atoms with Crippen LogP contribution in [0.15, 0.2) is 30.3 Å². The van der Waals surface area contributed by atoms with Crippen LogP contribution in [0.3, 0.4) is 0 Å². The van der Waals surface area contributed by atoms with E-state index in [1.54, 1.807) is 12.1 Å². The maximum Gasteiger partial charge on any atom is 0.336 e. The number of pyridine rings is 1. The molecule has 1 unspecified atom stereocenters. The summed E-state index contributed by atoms with van der Waals surface area (Å²) < 4.78 is 0. The number of aromatic nitrogens is 1. The maximum atomic E-state index is 11.4. The fourth-order valence-electron chi connectivity index (χ4n) is 2.60. The van der Waals surface area contributed by atoms with Crippen molar-refractivity contribution in [3.63, 3.8) is 0 Å². The monoisotopic (exact) mass is 270 g/mol. The Labute approximate surface area is 117 Å². The second kappa shape index (κ2) is 4.47. The molecule has 1 aliphatic carbocycles. The standard InChI is InChI=1S/C16H18N2O2/c1-16(2)8-10(16)9-17-14-7-12(15(19)20)11-5-3-4-6-13(11)18-14/h3-7,10H,8-9H2,1-2H3,(H,17,18)(H,19,20). The molecule has 0 spiro atoms. The molecule has 1 atom stereocenters. The van der Waals surface area contributed by atoms with Crippen LogP contribution < -0.4 is 5.32 Å². The molecule has 20 heavy (non-hydrogen) atoms. The van der Waals surface area contributed by atoms with Gasteiger partial charge in [0, 0.05) is 11.9 Å². The zero-order valence-electron chi connectivity index (χ0n) is 11.7. The zero-order valence-corrected chi connectivity index (χ0v) is 11.7. The summed E-state index contributed by atoms with van der Waals surface area (Å²) in [6, 6.07) is 8.96. The van der Waals surface area contributed by atoms with E-state index in [9.17, 15) is 9.90 Å². The molecule has 1 aliphatic rings. The summed E-state index contributed by atoms with van der Waals surface area (Å²) >= 11 is 0. The van der Waals surface area contributed by atoms with Gasteiger partial charge in [0.1, 0.15) is 5.82 Å². The number of aromatic carboxylic acids is 1. The molecule has 0 bridgehead atoms. The fourth-order valence-corrected chi connectivity index (χ4v) is 2.60. The number of nitrogens with zero attached hydrogens (tertiary/aromatic N) is 1. The van der Waals surface area contributed by atoms with Gasteiger partial charge in [0.15, 0.2) is 0 Å². The average molecular weight is 270 g/mol. The van der Waals surface area contributed by atoms with Crippen LogP contribution in [0.1, 0.15) is 30.6 Å². The molecule has 1 fully saturated rings. The van der Waals surface area contributed by atoms with Gasteiger partial charge < -0.3 is 10.4 Å². The summed E-state index contributed by atoms with van der Waals surface area (Å²) in [5.74, 6) is 0.367. The van der Waals surface area contributed by atoms with E-state index in [0.29, 0.717) is 33.6 Å². The quantitative estimate of drug-likeness (QED) is 0.894. The molecule has 1 aromatic carbocycles. The van der Waals surface area contributed by atoms with Crippen molar-refractivity contribution in [1.29, 1.82) is 0 Å². The average Bonchev–Trinajstić information content (AvgIpc) is 3.03. The second-order valence-corrected chi connectivity index (χ2v) is 6.15. The Kier molecular flexibility index (Phi) is 2.89. The van der Waals surface area contributed by atoms with Crippen LogP contribution in [-0.2, 0) is 0 Å². The van der Waals surface area contributed by atoms with E-state index >= 15 is 0 Å². The topological polar surface area (TPSA) is 62.2 Å². The van der Waals surface area contributed by atoms with Crippen molar-refractivity contribution in [3.8, 4) is 0 Å². The summed E-state index contributed by atoms with van der Waals surface area (Å²) in [7, 11) is 0. The van der Waals surface area contributed by atoms with E-state index < -0.39 is 5.97 Å². The SMILES string of the molecule is CC1(C)CC1CNc1cc(C(=O)O)c2ccccc2n1. The molecule has 3 rings (SSSR count). The van der Waals surface area contributed by atoms with Crippen molar-refractivity contribution in [2.45, 2.75) is 20.3 Å². The van der Waals surface area contributed by atoms with Gasteiger partial charge in [-0.3, -0.25) is 0 Å². The highest BCUT2D eigenvalue weighted by molar-refractivity contribution is 6.03. The Hall–Kier alpha value is -2.10. The van der Waals surface area contributed by atoms with Crippen molar-refractivity contribution in [1.82, 2.24) is 4.98 Å². The van der Waals surface area contributed by atoms with Crippen molar-refractivity contribution >= 4 is 22.7 Å². The summed E-state index contributed by atoms with van der Waals surface area (Å²) in [6.45, 7) is 5.34. The number of rotatable bonds is 4. The van der Waals surface area contributed by atoms with Crippen molar-refractivity contribution < 1.29 is 9.90 Å². The van der Waals surface area contributed by atoms with Gasteiger partial charge in [-0.2, -0.15) is 0 Å². The highest BCUT2D eigenvalue weighted by Gasteiger charge is 2.45. The number of carbonyl (C=O) groups is 1. The lowest BCUT2D eigenvalue weighted by Gasteiger charge is -2.10. The van der Waals surface area contributed by atoms with Crippen LogP contribution in [0.5, 0.6) is 0 Å². The van der Waals surface area contributed by atoms with Gasteiger partial charge >= 0.3 is 5.97 Å². The number of anilines is 1. The lowest BCUT2D eigenvalue weighted by Crippen LogP contribution is -2.10. The first kappa shape index (κ1) is 12.9. The van der Waals surface area contributed by atoms with E-state index in [4.69, 9.17) is 0 Å². The number of benzene rings is 1. The number of fused-ring (bicyclic) bond motifs is 1. The van der Waals surface area contributed by atoms with Gasteiger partial charge in [-0.15, -0.1) is 0 Å². The molecule has 1 heterocycles. The molecule has 4 heteroatoms. The fraction of sp³-hybridized carbons (Fsp3) is 0.375. The Balaban J connectivity index is 1.90. The molecule has 4 nitrogen and oxygen atoms in total. The molecule has 1 aromatic heterocycles. The molecule has 0 saturated heterocycles. The number of hydrogen-bond acceptors (Lipinski definition) is 3. The number of para-hydroxylation sites is 1. The Bertz CT molecular complexity index is 679. The summed E-state index contributed by atoms with van der Waals surface area (Å²) in [5.41, 5.74) is 1.41. The highest BCUT2D eigenvalue weighted by atomic mass is 16.4.